The van der Waals surface area contributed by atoms with Crippen molar-refractivity contribution in [1.29, 1.82) is 0 Å². The number of aromatic nitrogens is 3. The summed E-state index contributed by atoms with van der Waals surface area (Å²) in [6.45, 7) is 2.78. The van der Waals surface area contributed by atoms with E-state index in [1.165, 1.54) is 0 Å². The summed E-state index contributed by atoms with van der Waals surface area (Å²) in [5.74, 6) is 1.43. The maximum Gasteiger partial charge on any atom is 0.324 e. The van der Waals surface area contributed by atoms with E-state index in [1.807, 2.05) is 43.3 Å². The Hall–Kier alpha value is -2.63. The normalized spacial score (nSPS) is 18.0. The Kier molecular flexibility index (Phi) is 3.14. The summed E-state index contributed by atoms with van der Waals surface area (Å²) in [5, 5.41) is 8.22. The van der Waals surface area contributed by atoms with Crippen LogP contribution in [0.1, 0.15) is 30.3 Å². The molecule has 1 aliphatic rings. The van der Waals surface area contributed by atoms with Gasteiger partial charge < -0.3 is 13.9 Å². The summed E-state index contributed by atoms with van der Waals surface area (Å²) >= 11 is 0. The summed E-state index contributed by atoms with van der Waals surface area (Å²) in [6.07, 6.45) is 2.08. The molecule has 1 aromatic carbocycles. The predicted molar refractivity (Wildman–Crippen MR) is 80.3 cm³/mol. The number of hydrogen-bond donors (Lipinski definition) is 0. The number of hydrogen-bond acceptors (Lipinski definition) is 6. The van der Waals surface area contributed by atoms with E-state index in [0.717, 1.165) is 36.4 Å². The molecule has 0 bridgehead atoms. The fourth-order valence-electron chi connectivity index (χ4n) is 2.88. The van der Waals surface area contributed by atoms with Crippen LogP contribution in [0.2, 0.25) is 0 Å². The fourth-order valence-corrected chi connectivity index (χ4v) is 2.88. The maximum absolute atomic E-state index is 5.47. The first-order valence-electron chi connectivity index (χ1n) is 7.40. The molecule has 1 aliphatic heterocycles. The van der Waals surface area contributed by atoms with Crippen molar-refractivity contribution in [2.75, 3.05) is 11.4 Å². The first kappa shape index (κ1) is 13.1. The van der Waals surface area contributed by atoms with Crippen molar-refractivity contribution < 1.29 is 9.05 Å². The maximum atomic E-state index is 5.47. The number of aryl methyl sites for hydroxylation is 1. The number of anilines is 1. The zero-order valence-corrected chi connectivity index (χ0v) is 12.3. The molecule has 4 rings (SSSR count). The van der Waals surface area contributed by atoms with E-state index >= 15 is 0 Å². The highest BCUT2D eigenvalue weighted by Crippen LogP contribution is 2.35. The molecule has 6 nitrogen and oxygen atoms in total. The van der Waals surface area contributed by atoms with Crippen molar-refractivity contribution in [2.24, 2.45) is 0 Å². The van der Waals surface area contributed by atoms with Gasteiger partial charge in [0.05, 0.1) is 6.04 Å². The average Bonchev–Trinajstić information content (AvgIpc) is 3.27. The van der Waals surface area contributed by atoms with E-state index in [9.17, 15) is 0 Å². The molecule has 0 spiro atoms. The molecule has 6 heteroatoms. The van der Waals surface area contributed by atoms with Crippen molar-refractivity contribution in [3.8, 4) is 11.4 Å². The molecule has 112 valence electrons. The second-order valence-electron chi connectivity index (χ2n) is 5.48. The SMILES string of the molecule is Cc1cc([C@@H]2CCCN2c2nc(-c3ccccc3)no2)no1. The minimum Gasteiger partial charge on any atom is -0.361 e. The van der Waals surface area contributed by atoms with Crippen molar-refractivity contribution in [3.63, 3.8) is 0 Å². The van der Waals surface area contributed by atoms with Crippen LogP contribution < -0.4 is 4.90 Å². The van der Waals surface area contributed by atoms with Crippen LogP contribution in [0, 0.1) is 6.92 Å². The highest BCUT2D eigenvalue weighted by Gasteiger charge is 2.32. The molecule has 0 amide bonds. The molecule has 3 heterocycles. The number of rotatable bonds is 3. The smallest absolute Gasteiger partial charge is 0.324 e. The molecule has 1 saturated heterocycles. The standard InChI is InChI=1S/C16H16N4O2/c1-11-10-13(18-21-11)14-8-5-9-20(14)16-17-15(19-22-16)12-6-3-2-4-7-12/h2-4,6-7,10,14H,5,8-9H2,1H3/t14-/m0/s1. The second-order valence-corrected chi connectivity index (χ2v) is 5.48. The quantitative estimate of drug-likeness (QED) is 0.738. The molecule has 1 fully saturated rings. The highest BCUT2D eigenvalue weighted by molar-refractivity contribution is 5.55. The van der Waals surface area contributed by atoms with Crippen molar-refractivity contribution in [3.05, 3.63) is 47.9 Å². The van der Waals surface area contributed by atoms with Gasteiger partial charge in [0.25, 0.3) is 0 Å². The van der Waals surface area contributed by atoms with Crippen molar-refractivity contribution in [1.82, 2.24) is 15.3 Å². The minimum absolute atomic E-state index is 0.140. The highest BCUT2D eigenvalue weighted by atomic mass is 16.5. The molecule has 0 aliphatic carbocycles. The first-order valence-corrected chi connectivity index (χ1v) is 7.40. The summed E-state index contributed by atoms with van der Waals surface area (Å²) < 4.78 is 10.7. The Morgan fingerprint density at radius 2 is 2.00 bits per heavy atom. The van der Waals surface area contributed by atoms with Crippen LogP contribution in [0.25, 0.3) is 11.4 Å². The van der Waals surface area contributed by atoms with E-state index in [4.69, 9.17) is 9.05 Å². The largest absolute Gasteiger partial charge is 0.361 e. The fraction of sp³-hybridized carbons (Fsp3) is 0.312. The zero-order chi connectivity index (χ0) is 14.9. The Balaban J connectivity index is 1.63. The van der Waals surface area contributed by atoms with Gasteiger partial charge in [-0.2, -0.15) is 4.98 Å². The third-order valence-electron chi connectivity index (χ3n) is 3.93. The first-order chi connectivity index (χ1) is 10.8. The Morgan fingerprint density at radius 1 is 1.14 bits per heavy atom. The van der Waals surface area contributed by atoms with Crippen LogP contribution in [0.4, 0.5) is 6.01 Å². The lowest BCUT2D eigenvalue weighted by atomic mass is 10.1. The molecule has 0 N–H and O–H groups in total. The van der Waals surface area contributed by atoms with Crippen LogP contribution in [0.15, 0.2) is 45.4 Å². The third-order valence-corrected chi connectivity index (χ3v) is 3.93. The number of nitrogens with zero attached hydrogens (tertiary/aromatic N) is 4. The van der Waals surface area contributed by atoms with Gasteiger partial charge in [0, 0.05) is 18.2 Å². The lowest BCUT2D eigenvalue weighted by Gasteiger charge is -2.19. The van der Waals surface area contributed by atoms with Crippen molar-refractivity contribution >= 4 is 6.01 Å². The van der Waals surface area contributed by atoms with Gasteiger partial charge in [0.15, 0.2) is 0 Å². The average molecular weight is 296 g/mol. The topological polar surface area (TPSA) is 68.2 Å². The van der Waals surface area contributed by atoms with Crippen LogP contribution in [0.3, 0.4) is 0 Å². The van der Waals surface area contributed by atoms with E-state index in [1.54, 1.807) is 0 Å². The third kappa shape index (κ3) is 2.26. The van der Waals surface area contributed by atoms with E-state index in [-0.39, 0.29) is 6.04 Å². The van der Waals surface area contributed by atoms with Gasteiger partial charge in [-0.3, -0.25) is 0 Å². The molecule has 3 aromatic rings. The summed E-state index contributed by atoms with van der Waals surface area (Å²) in [4.78, 5) is 6.64. The molecule has 0 unspecified atom stereocenters. The molecule has 2 aromatic heterocycles. The van der Waals surface area contributed by atoms with Crippen molar-refractivity contribution in [2.45, 2.75) is 25.8 Å². The second kappa shape index (κ2) is 5.29. The molecule has 0 saturated carbocycles. The van der Waals surface area contributed by atoms with E-state index in [0.29, 0.717) is 11.8 Å². The van der Waals surface area contributed by atoms with Crippen LogP contribution in [-0.4, -0.2) is 21.8 Å². The Bertz CT molecular complexity index is 765. The summed E-state index contributed by atoms with van der Waals surface area (Å²) in [7, 11) is 0. The Labute approximate surface area is 127 Å². The van der Waals surface area contributed by atoms with Gasteiger partial charge in [-0.25, -0.2) is 0 Å². The monoisotopic (exact) mass is 296 g/mol. The van der Waals surface area contributed by atoms with Gasteiger partial charge in [0.2, 0.25) is 5.82 Å². The minimum atomic E-state index is 0.140. The lowest BCUT2D eigenvalue weighted by molar-refractivity contribution is 0.379. The van der Waals surface area contributed by atoms with Gasteiger partial charge in [-0.05, 0) is 19.8 Å². The van der Waals surface area contributed by atoms with Gasteiger partial charge >= 0.3 is 6.01 Å². The van der Waals surface area contributed by atoms with Gasteiger partial charge in [-0.15, -0.1) is 0 Å². The van der Waals surface area contributed by atoms with E-state index < -0.39 is 0 Å². The number of benzene rings is 1. The van der Waals surface area contributed by atoms with E-state index in [2.05, 4.69) is 20.2 Å². The molecular weight excluding hydrogens is 280 g/mol. The van der Waals surface area contributed by atoms with Crippen LogP contribution in [0.5, 0.6) is 0 Å². The van der Waals surface area contributed by atoms with Gasteiger partial charge in [-0.1, -0.05) is 40.6 Å². The predicted octanol–water partition coefficient (Wildman–Crippen LogP) is 3.37. The van der Waals surface area contributed by atoms with Gasteiger partial charge in [0.1, 0.15) is 11.5 Å². The zero-order valence-electron chi connectivity index (χ0n) is 12.3. The summed E-state index contributed by atoms with van der Waals surface area (Å²) in [6, 6.07) is 12.5. The molecular formula is C16H16N4O2. The molecule has 1 atom stereocenters. The lowest BCUT2D eigenvalue weighted by Crippen LogP contribution is -2.23. The molecule has 0 radical (unpaired) electrons. The Morgan fingerprint density at radius 3 is 2.77 bits per heavy atom. The summed E-state index contributed by atoms with van der Waals surface area (Å²) in [5.41, 5.74) is 1.87. The van der Waals surface area contributed by atoms with Crippen LogP contribution >= 0.6 is 0 Å². The van der Waals surface area contributed by atoms with Crippen LogP contribution in [-0.2, 0) is 0 Å². The molecule has 22 heavy (non-hydrogen) atoms.